The summed E-state index contributed by atoms with van der Waals surface area (Å²) in [6, 6.07) is 14.7. The van der Waals surface area contributed by atoms with E-state index in [9.17, 15) is 9.59 Å². The molecule has 2 atom stereocenters. The number of nitrogens with one attached hydrogen (secondary N) is 3. The number of hydrogen-bond acceptors (Lipinski definition) is 4. The average molecular weight is 474 g/mol. The minimum atomic E-state index is 0.00508. The molecule has 2 amide bonds. The summed E-state index contributed by atoms with van der Waals surface area (Å²) >= 11 is 0. The monoisotopic (exact) mass is 473 g/mol. The molecule has 3 aromatic rings. The Bertz CT molecular complexity index is 1170. The number of aromatic nitrogens is 2. The minimum absolute atomic E-state index is 0.00508. The molecule has 184 valence electrons. The molecule has 7 nitrogen and oxygen atoms in total. The summed E-state index contributed by atoms with van der Waals surface area (Å²) < 4.78 is 0. The lowest BCUT2D eigenvalue weighted by molar-refractivity contribution is -0.129. The predicted octanol–water partition coefficient (Wildman–Crippen LogP) is 4.26. The SMILES string of the molecule is CCNC(=O)[C@H]1CCC[C@H](NC(=O)C2CCN(c3nc4[nH]ccc4cc3-c3ccccc3)CC2)C1. The van der Waals surface area contributed by atoms with Gasteiger partial charge in [0.05, 0.1) is 0 Å². The second kappa shape index (κ2) is 10.5. The maximum atomic E-state index is 13.1. The molecule has 35 heavy (non-hydrogen) atoms. The predicted molar refractivity (Wildman–Crippen MR) is 139 cm³/mol. The van der Waals surface area contributed by atoms with Gasteiger partial charge in [-0.05, 0) is 56.7 Å². The average Bonchev–Trinajstić information content (AvgIpc) is 3.36. The zero-order valence-corrected chi connectivity index (χ0v) is 20.4. The number of pyridine rings is 1. The molecule has 0 bridgehead atoms. The first-order valence-electron chi connectivity index (χ1n) is 13.0. The third kappa shape index (κ3) is 5.19. The standard InChI is InChI=1S/C28H35N5O2/c1-2-29-27(34)22-9-6-10-23(17-22)31-28(35)20-12-15-33(16-13-20)26-24(19-7-4-3-5-8-19)18-21-11-14-30-25(21)32-26/h3-5,7-8,11,14,18,20,22-23H,2,6,9-10,12-13,15-17H2,1H3,(H,29,34)(H,30,32)(H,31,35)/t22-,23-/m0/s1. The van der Waals surface area contributed by atoms with Crippen molar-refractivity contribution in [2.24, 2.45) is 11.8 Å². The van der Waals surface area contributed by atoms with E-state index < -0.39 is 0 Å². The number of piperidine rings is 1. The largest absolute Gasteiger partial charge is 0.356 e. The summed E-state index contributed by atoms with van der Waals surface area (Å²) in [5.74, 6) is 1.26. The van der Waals surface area contributed by atoms with Crippen molar-refractivity contribution in [1.29, 1.82) is 0 Å². The topological polar surface area (TPSA) is 90.1 Å². The number of benzene rings is 1. The highest BCUT2D eigenvalue weighted by molar-refractivity contribution is 5.88. The summed E-state index contributed by atoms with van der Waals surface area (Å²) in [6.07, 6.45) is 7.14. The number of carbonyl (C=O) groups is 2. The van der Waals surface area contributed by atoms with Crippen molar-refractivity contribution in [2.45, 2.75) is 51.5 Å². The van der Waals surface area contributed by atoms with Gasteiger partial charge in [0.15, 0.2) is 0 Å². The lowest BCUT2D eigenvalue weighted by Crippen LogP contribution is -2.46. The molecule has 0 spiro atoms. The van der Waals surface area contributed by atoms with Gasteiger partial charge >= 0.3 is 0 Å². The molecule has 2 fully saturated rings. The number of rotatable bonds is 6. The Morgan fingerprint density at radius 2 is 1.83 bits per heavy atom. The molecule has 1 aliphatic carbocycles. The number of anilines is 1. The van der Waals surface area contributed by atoms with Crippen LogP contribution in [0.25, 0.3) is 22.2 Å². The van der Waals surface area contributed by atoms with Gasteiger partial charge in [0.25, 0.3) is 0 Å². The van der Waals surface area contributed by atoms with Crippen molar-refractivity contribution in [3.8, 4) is 11.1 Å². The van der Waals surface area contributed by atoms with Gasteiger partial charge in [0, 0.05) is 54.7 Å². The number of H-pyrrole nitrogens is 1. The Balaban J connectivity index is 1.24. The number of nitrogens with zero attached hydrogens (tertiary/aromatic N) is 2. The van der Waals surface area contributed by atoms with Gasteiger partial charge in [-0.25, -0.2) is 4.98 Å². The van der Waals surface area contributed by atoms with Crippen molar-refractivity contribution in [1.82, 2.24) is 20.6 Å². The summed E-state index contributed by atoms with van der Waals surface area (Å²) in [6.45, 7) is 4.19. The van der Waals surface area contributed by atoms with E-state index in [0.717, 1.165) is 79.6 Å². The lowest BCUT2D eigenvalue weighted by atomic mass is 9.84. The van der Waals surface area contributed by atoms with Crippen LogP contribution in [0.15, 0.2) is 48.7 Å². The van der Waals surface area contributed by atoms with Crippen molar-refractivity contribution in [2.75, 3.05) is 24.5 Å². The lowest BCUT2D eigenvalue weighted by Gasteiger charge is -2.35. The summed E-state index contributed by atoms with van der Waals surface area (Å²) in [4.78, 5) is 35.9. The highest BCUT2D eigenvalue weighted by atomic mass is 16.2. The van der Waals surface area contributed by atoms with E-state index >= 15 is 0 Å². The van der Waals surface area contributed by atoms with Crippen LogP contribution < -0.4 is 15.5 Å². The number of fused-ring (bicyclic) bond motifs is 1. The third-order valence-electron chi connectivity index (χ3n) is 7.51. The highest BCUT2D eigenvalue weighted by Gasteiger charge is 2.31. The third-order valence-corrected chi connectivity index (χ3v) is 7.51. The van der Waals surface area contributed by atoms with Crippen molar-refractivity contribution >= 4 is 28.7 Å². The van der Waals surface area contributed by atoms with Crippen LogP contribution in [0.1, 0.15) is 45.4 Å². The molecule has 5 rings (SSSR count). The maximum Gasteiger partial charge on any atom is 0.223 e. The van der Waals surface area contributed by atoms with Crippen molar-refractivity contribution < 1.29 is 9.59 Å². The van der Waals surface area contributed by atoms with Gasteiger partial charge in [0.2, 0.25) is 11.8 Å². The number of carbonyl (C=O) groups excluding carboxylic acids is 2. The maximum absolute atomic E-state index is 13.1. The molecular formula is C28H35N5O2. The number of aromatic amines is 1. The van der Waals surface area contributed by atoms with Crippen LogP contribution in [0.4, 0.5) is 5.82 Å². The number of amides is 2. The first kappa shape index (κ1) is 23.4. The van der Waals surface area contributed by atoms with E-state index in [1.807, 2.05) is 19.2 Å². The van der Waals surface area contributed by atoms with Crippen LogP contribution in [0, 0.1) is 11.8 Å². The first-order valence-corrected chi connectivity index (χ1v) is 13.0. The first-order chi connectivity index (χ1) is 17.1. The van der Waals surface area contributed by atoms with E-state index in [0.29, 0.717) is 6.54 Å². The molecule has 2 aliphatic rings. The highest BCUT2D eigenvalue weighted by Crippen LogP contribution is 2.34. The molecule has 1 aromatic carbocycles. The fraction of sp³-hybridized carbons (Fsp3) is 0.464. The molecule has 1 aliphatic heterocycles. The summed E-state index contributed by atoms with van der Waals surface area (Å²) in [5.41, 5.74) is 3.16. The Morgan fingerprint density at radius 1 is 1.03 bits per heavy atom. The van der Waals surface area contributed by atoms with Crippen LogP contribution in [0.3, 0.4) is 0 Å². The van der Waals surface area contributed by atoms with E-state index in [2.05, 4.69) is 56.9 Å². The van der Waals surface area contributed by atoms with Gasteiger partial charge < -0.3 is 20.5 Å². The molecular weight excluding hydrogens is 438 g/mol. The fourth-order valence-corrected chi connectivity index (χ4v) is 5.59. The molecule has 1 saturated carbocycles. The van der Waals surface area contributed by atoms with Gasteiger partial charge in [0.1, 0.15) is 11.5 Å². The van der Waals surface area contributed by atoms with Crippen LogP contribution in [-0.2, 0) is 9.59 Å². The zero-order chi connectivity index (χ0) is 24.2. The molecule has 1 saturated heterocycles. The molecule has 0 unspecified atom stereocenters. The molecule has 7 heteroatoms. The van der Waals surface area contributed by atoms with Crippen LogP contribution in [0.5, 0.6) is 0 Å². The minimum Gasteiger partial charge on any atom is -0.356 e. The van der Waals surface area contributed by atoms with Crippen molar-refractivity contribution in [3.05, 3.63) is 48.7 Å². The smallest absolute Gasteiger partial charge is 0.223 e. The number of hydrogen-bond donors (Lipinski definition) is 3. The molecule has 0 radical (unpaired) electrons. The van der Waals surface area contributed by atoms with Crippen molar-refractivity contribution in [3.63, 3.8) is 0 Å². The van der Waals surface area contributed by atoms with Gasteiger partial charge in [-0.3, -0.25) is 9.59 Å². The molecule has 2 aromatic heterocycles. The van der Waals surface area contributed by atoms with Crippen LogP contribution in [-0.4, -0.2) is 47.5 Å². The Kier molecular flexibility index (Phi) is 7.02. The second-order valence-electron chi connectivity index (χ2n) is 9.87. The second-order valence-corrected chi connectivity index (χ2v) is 9.87. The van der Waals surface area contributed by atoms with E-state index in [4.69, 9.17) is 4.98 Å². The van der Waals surface area contributed by atoms with E-state index in [1.54, 1.807) is 0 Å². The quantitative estimate of drug-likeness (QED) is 0.499. The van der Waals surface area contributed by atoms with E-state index in [-0.39, 0.29) is 29.7 Å². The normalized spacial score (nSPS) is 21.1. The Labute approximate surface area is 206 Å². The molecule has 3 N–H and O–H groups in total. The molecule has 3 heterocycles. The van der Waals surface area contributed by atoms with Gasteiger partial charge in [-0.1, -0.05) is 36.8 Å². The Hall–Kier alpha value is -3.35. The summed E-state index contributed by atoms with van der Waals surface area (Å²) in [7, 11) is 0. The van der Waals surface area contributed by atoms with E-state index in [1.165, 1.54) is 0 Å². The Morgan fingerprint density at radius 3 is 2.60 bits per heavy atom. The van der Waals surface area contributed by atoms with Gasteiger partial charge in [-0.15, -0.1) is 0 Å². The fourth-order valence-electron chi connectivity index (χ4n) is 5.59. The van der Waals surface area contributed by atoms with Gasteiger partial charge in [-0.2, -0.15) is 0 Å². The van der Waals surface area contributed by atoms with Crippen LogP contribution >= 0.6 is 0 Å². The summed E-state index contributed by atoms with van der Waals surface area (Å²) in [5, 5.41) is 7.30. The zero-order valence-electron chi connectivity index (χ0n) is 20.4. The van der Waals surface area contributed by atoms with Crippen LogP contribution in [0.2, 0.25) is 0 Å².